The number of amides is 1. The second-order valence-corrected chi connectivity index (χ2v) is 7.96. The Labute approximate surface area is 178 Å². The van der Waals surface area contributed by atoms with Gasteiger partial charge in [-0.3, -0.25) is 9.78 Å². The predicted octanol–water partition coefficient (Wildman–Crippen LogP) is 4.69. The van der Waals surface area contributed by atoms with Crippen LogP contribution in [0, 0.1) is 5.92 Å². The van der Waals surface area contributed by atoms with Crippen LogP contribution < -0.4 is 5.32 Å². The normalized spacial score (nSPS) is 18.3. The van der Waals surface area contributed by atoms with Crippen LogP contribution in [0.15, 0.2) is 73.1 Å². The van der Waals surface area contributed by atoms with Crippen LogP contribution in [0.3, 0.4) is 0 Å². The van der Waals surface area contributed by atoms with Crippen molar-refractivity contribution in [1.29, 1.82) is 0 Å². The summed E-state index contributed by atoms with van der Waals surface area (Å²) in [5.41, 5.74) is 5.54. The van der Waals surface area contributed by atoms with Crippen LogP contribution in [-0.2, 0) is 17.6 Å². The van der Waals surface area contributed by atoms with Crippen molar-refractivity contribution < 1.29 is 9.53 Å². The fraction of sp³-hybridized carbons (Fsp3) is 0.308. The Hall–Kier alpha value is -2.98. The number of nitrogens with one attached hydrogen (secondary N) is 1. The Balaban J connectivity index is 1.38. The van der Waals surface area contributed by atoms with Gasteiger partial charge in [0, 0.05) is 23.9 Å². The first-order valence-electron chi connectivity index (χ1n) is 10.7. The molecule has 2 heterocycles. The highest BCUT2D eigenvalue weighted by Gasteiger charge is 2.29. The van der Waals surface area contributed by atoms with Crippen molar-refractivity contribution >= 4 is 5.91 Å². The fourth-order valence-electron chi connectivity index (χ4n) is 4.00. The van der Waals surface area contributed by atoms with Crippen LogP contribution in [0.1, 0.15) is 34.8 Å². The van der Waals surface area contributed by atoms with Gasteiger partial charge in [-0.25, -0.2) is 0 Å². The summed E-state index contributed by atoms with van der Waals surface area (Å²) in [5.74, 6) is 0.229. The second-order valence-electron chi connectivity index (χ2n) is 7.96. The lowest BCUT2D eigenvalue weighted by Gasteiger charge is -2.19. The lowest BCUT2D eigenvalue weighted by molar-refractivity contribution is 0.0925. The molecule has 0 radical (unpaired) electrons. The molecular weight excluding hydrogens is 372 g/mol. The van der Waals surface area contributed by atoms with Gasteiger partial charge in [0.05, 0.1) is 19.3 Å². The third kappa shape index (κ3) is 4.95. The zero-order valence-electron chi connectivity index (χ0n) is 17.4. The zero-order chi connectivity index (χ0) is 20.8. The fourth-order valence-corrected chi connectivity index (χ4v) is 4.00. The highest BCUT2D eigenvalue weighted by molar-refractivity contribution is 5.95. The molecule has 0 aliphatic carbocycles. The molecule has 4 nitrogen and oxygen atoms in total. The zero-order valence-corrected chi connectivity index (χ0v) is 17.4. The van der Waals surface area contributed by atoms with Crippen molar-refractivity contribution in [3.05, 3.63) is 89.7 Å². The van der Waals surface area contributed by atoms with Gasteiger partial charge in [0.1, 0.15) is 0 Å². The van der Waals surface area contributed by atoms with E-state index < -0.39 is 0 Å². The third-order valence-electron chi connectivity index (χ3n) is 5.74. The summed E-state index contributed by atoms with van der Waals surface area (Å²) in [5, 5.41) is 3.17. The van der Waals surface area contributed by atoms with Crippen LogP contribution in [0.2, 0.25) is 0 Å². The average molecular weight is 401 g/mol. The van der Waals surface area contributed by atoms with Crippen LogP contribution in [-0.4, -0.2) is 30.1 Å². The number of benzene rings is 2. The number of rotatable bonds is 7. The topological polar surface area (TPSA) is 51.2 Å². The molecule has 0 unspecified atom stereocenters. The average Bonchev–Trinajstić information content (AvgIpc) is 3.22. The molecule has 3 aromatic rings. The number of aromatic nitrogens is 1. The molecule has 0 spiro atoms. The number of hydrogen-bond donors (Lipinski definition) is 1. The minimum atomic E-state index is -0.0462. The molecule has 1 aromatic heterocycles. The quantitative estimate of drug-likeness (QED) is 0.626. The summed E-state index contributed by atoms with van der Waals surface area (Å²) < 4.78 is 5.65. The smallest absolute Gasteiger partial charge is 0.251 e. The number of aryl methyl sites for hydroxylation is 1. The van der Waals surface area contributed by atoms with Crippen molar-refractivity contribution in [1.82, 2.24) is 10.3 Å². The van der Waals surface area contributed by atoms with Gasteiger partial charge in [-0.2, -0.15) is 0 Å². The van der Waals surface area contributed by atoms with Gasteiger partial charge >= 0.3 is 0 Å². The molecule has 30 heavy (non-hydrogen) atoms. The van der Waals surface area contributed by atoms with E-state index in [1.165, 1.54) is 16.7 Å². The van der Waals surface area contributed by atoms with Gasteiger partial charge < -0.3 is 10.1 Å². The maximum absolute atomic E-state index is 12.8. The Morgan fingerprint density at radius 3 is 2.27 bits per heavy atom. The Morgan fingerprint density at radius 1 is 0.933 bits per heavy atom. The first-order valence-corrected chi connectivity index (χ1v) is 10.7. The Kier molecular flexibility index (Phi) is 6.55. The van der Waals surface area contributed by atoms with Crippen molar-refractivity contribution in [3.8, 4) is 11.1 Å². The molecule has 1 amide bonds. The number of carbonyl (C=O) groups is 1. The standard InChI is InChI=1S/C26H28N2O2/c1-2-3-19-4-6-21(7-5-19)22-8-10-23(11-9-22)26(29)28-25-18-30-17-24(25)16-20-12-14-27-15-13-20/h4-15,24-25H,2-3,16-18H2,1H3,(H,28,29)/t24-,25+/m1/s1. The molecule has 1 saturated heterocycles. The van der Waals surface area contributed by atoms with Gasteiger partial charge in [0.25, 0.3) is 5.91 Å². The molecule has 0 saturated carbocycles. The van der Waals surface area contributed by atoms with E-state index >= 15 is 0 Å². The molecule has 2 aromatic carbocycles. The van der Waals surface area contributed by atoms with E-state index in [1.54, 1.807) is 12.4 Å². The van der Waals surface area contributed by atoms with E-state index in [0.29, 0.717) is 18.8 Å². The maximum Gasteiger partial charge on any atom is 0.251 e. The number of nitrogens with zero attached hydrogens (tertiary/aromatic N) is 1. The number of ether oxygens (including phenoxy) is 1. The molecule has 1 aliphatic rings. The molecule has 154 valence electrons. The summed E-state index contributed by atoms with van der Waals surface area (Å²) >= 11 is 0. The van der Waals surface area contributed by atoms with Gasteiger partial charge in [0.2, 0.25) is 0 Å². The molecule has 4 rings (SSSR count). The minimum absolute atomic E-state index is 0.0245. The van der Waals surface area contributed by atoms with Gasteiger partial charge in [0.15, 0.2) is 0 Å². The second kappa shape index (κ2) is 9.68. The van der Waals surface area contributed by atoms with Crippen molar-refractivity contribution in [2.45, 2.75) is 32.2 Å². The lowest BCUT2D eigenvalue weighted by Crippen LogP contribution is -2.40. The third-order valence-corrected chi connectivity index (χ3v) is 5.74. The summed E-state index contributed by atoms with van der Waals surface area (Å²) in [6.07, 6.45) is 6.74. The van der Waals surface area contributed by atoms with Crippen molar-refractivity contribution in [2.75, 3.05) is 13.2 Å². The van der Waals surface area contributed by atoms with Gasteiger partial charge in [-0.05, 0) is 59.4 Å². The number of hydrogen-bond acceptors (Lipinski definition) is 3. The summed E-state index contributed by atoms with van der Waals surface area (Å²) in [6, 6.07) is 20.6. The van der Waals surface area contributed by atoms with Crippen LogP contribution in [0.4, 0.5) is 0 Å². The monoisotopic (exact) mass is 400 g/mol. The van der Waals surface area contributed by atoms with Gasteiger partial charge in [-0.1, -0.05) is 49.7 Å². The number of carbonyl (C=O) groups excluding carboxylic acids is 1. The summed E-state index contributed by atoms with van der Waals surface area (Å²) in [4.78, 5) is 16.9. The van der Waals surface area contributed by atoms with E-state index in [-0.39, 0.29) is 17.9 Å². The van der Waals surface area contributed by atoms with Crippen molar-refractivity contribution in [3.63, 3.8) is 0 Å². The van der Waals surface area contributed by atoms with Crippen LogP contribution >= 0.6 is 0 Å². The molecule has 2 atom stereocenters. The molecule has 0 bridgehead atoms. The molecule has 1 fully saturated rings. The van der Waals surface area contributed by atoms with Gasteiger partial charge in [-0.15, -0.1) is 0 Å². The molecule has 1 aliphatic heterocycles. The first-order chi connectivity index (χ1) is 14.7. The lowest BCUT2D eigenvalue weighted by atomic mass is 9.95. The Morgan fingerprint density at radius 2 is 1.60 bits per heavy atom. The summed E-state index contributed by atoms with van der Waals surface area (Å²) in [6.45, 7) is 3.42. The van der Waals surface area contributed by atoms with Crippen LogP contribution in [0.25, 0.3) is 11.1 Å². The van der Waals surface area contributed by atoms with E-state index in [4.69, 9.17) is 4.74 Å². The van der Waals surface area contributed by atoms with E-state index in [0.717, 1.165) is 24.8 Å². The minimum Gasteiger partial charge on any atom is -0.379 e. The largest absolute Gasteiger partial charge is 0.379 e. The van der Waals surface area contributed by atoms with Crippen molar-refractivity contribution in [2.24, 2.45) is 5.92 Å². The van der Waals surface area contributed by atoms with Crippen LogP contribution in [0.5, 0.6) is 0 Å². The molecule has 4 heteroatoms. The van der Waals surface area contributed by atoms with E-state index in [2.05, 4.69) is 41.5 Å². The molecular formula is C26H28N2O2. The highest BCUT2D eigenvalue weighted by Crippen LogP contribution is 2.22. The highest BCUT2D eigenvalue weighted by atomic mass is 16.5. The SMILES string of the molecule is CCCc1ccc(-c2ccc(C(=O)N[C@H]3COC[C@H]3Cc3ccncc3)cc2)cc1. The first kappa shape index (κ1) is 20.3. The Bertz CT molecular complexity index is 953. The predicted molar refractivity (Wildman–Crippen MR) is 119 cm³/mol. The summed E-state index contributed by atoms with van der Waals surface area (Å²) in [7, 11) is 0. The van der Waals surface area contributed by atoms with E-state index in [1.807, 2.05) is 36.4 Å². The maximum atomic E-state index is 12.8. The molecule has 1 N–H and O–H groups in total. The van der Waals surface area contributed by atoms with E-state index in [9.17, 15) is 4.79 Å². The number of pyridine rings is 1.